The van der Waals surface area contributed by atoms with Crippen LogP contribution in [-0.4, -0.2) is 52.6 Å². The number of para-hydroxylation sites is 1. The fourth-order valence-electron chi connectivity index (χ4n) is 8.46. The Morgan fingerprint density at radius 1 is 0.977 bits per heavy atom. The molecule has 3 amide bonds. The van der Waals surface area contributed by atoms with Crippen LogP contribution in [0.1, 0.15) is 42.0 Å². The predicted octanol–water partition coefficient (Wildman–Crippen LogP) is 5.16. The number of H-pyrrole nitrogens is 1. The van der Waals surface area contributed by atoms with Crippen molar-refractivity contribution in [3.63, 3.8) is 0 Å². The van der Waals surface area contributed by atoms with Gasteiger partial charge < -0.3 is 14.6 Å². The van der Waals surface area contributed by atoms with Crippen LogP contribution in [0.25, 0.3) is 0 Å². The number of ether oxygens (including phenoxy) is 1. The number of benzene rings is 2. The number of aromatic amines is 1. The molecule has 3 aliphatic heterocycles. The maximum Gasteiger partial charge on any atom is 0.305 e. The highest BCUT2D eigenvalue weighted by Gasteiger charge is 2.69. The minimum Gasteiger partial charge on any atom is -0.483 e. The Bertz CT molecular complexity index is 1690. The lowest BCUT2D eigenvalue weighted by Crippen LogP contribution is -2.43. The normalized spacial score (nSPS) is 30.8. The van der Waals surface area contributed by atoms with Crippen LogP contribution in [0.3, 0.4) is 0 Å². The highest BCUT2D eigenvalue weighted by Crippen LogP contribution is 2.69. The van der Waals surface area contributed by atoms with Crippen LogP contribution in [0.2, 0.25) is 5.02 Å². The zero-order valence-electron chi connectivity index (χ0n) is 23.2. The molecule has 8 nitrogen and oxygen atoms in total. The number of aromatic nitrogens is 1. The molecule has 2 saturated carbocycles. The van der Waals surface area contributed by atoms with Gasteiger partial charge in [-0.1, -0.05) is 41.1 Å². The van der Waals surface area contributed by atoms with Crippen molar-refractivity contribution in [2.45, 2.75) is 41.9 Å². The van der Waals surface area contributed by atoms with Crippen LogP contribution in [0, 0.1) is 29.6 Å². The van der Waals surface area contributed by atoms with Crippen LogP contribution in [0.4, 0.5) is 5.69 Å². The highest BCUT2D eigenvalue weighted by atomic mass is 35.5. The minimum atomic E-state index is -0.400. The Morgan fingerprint density at radius 3 is 2.49 bits per heavy atom. The Kier molecular flexibility index (Phi) is 6.72. The molecule has 0 radical (unpaired) electrons. The molecule has 11 heteroatoms. The molecule has 4 unspecified atom stereocenters. The van der Waals surface area contributed by atoms with Gasteiger partial charge in [-0.05, 0) is 73.8 Å². The van der Waals surface area contributed by atoms with E-state index in [1.165, 1.54) is 16.2 Å². The van der Waals surface area contributed by atoms with Crippen LogP contribution in [0.15, 0.2) is 58.4 Å². The number of imide groups is 1. The molecule has 1 aromatic heterocycles. The fraction of sp³-hybridized carbons (Fsp3) is 0.438. The third-order valence-corrected chi connectivity index (χ3v) is 12.9. The van der Waals surface area contributed by atoms with Crippen molar-refractivity contribution in [3.8, 4) is 5.75 Å². The van der Waals surface area contributed by atoms with Crippen molar-refractivity contribution < 1.29 is 19.1 Å². The number of amides is 3. The standard InChI is InChI=1S/C32H30ClN3O5S2/c33-16-9-10-21(41-15-22(37)35-11-5-2-6-12-35)18(13-16)23-24-19-14-20(27(24)42-29-28(23)43-32(40)34-29)26-25(19)30(38)36(31(26)39)17-7-3-1-4-8-17/h1,3-4,7-10,13,19-20,23-27H,2,5-6,11-12,14-15H2,(H,34,40)/t19-,20-,23-,24?,25?,26?,27?/m1/s1. The molecule has 2 aromatic carbocycles. The first-order chi connectivity index (χ1) is 20.9. The minimum absolute atomic E-state index is 0.00119. The summed E-state index contributed by atoms with van der Waals surface area (Å²) in [5.41, 5.74) is 1.44. The summed E-state index contributed by atoms with van der Waals surface area (Å²) in [6, 6.07) is 14.6. The fourth-order valence-corrected chi connectivity index (χ4v) is 11.5. The third-order valence-electron chi connectivity index (χ3n) is 10.1. The van der Waals surface area contributed by atoms with Gasteiger partial charge in [-0.3, -0.25) is 24.1 Å². The SMILES string of the molecule is O=C(COc1ccc(Cl)cc1[C@H]1c2sc(=O)[nH]c2SC2C1[C@H]1C[C@@H]2C2C(=O)N(c3ccccc3)C(=O)C21)N1CCCCC1. The lowest BCUT2D eigenvalue weighted by Gasteiger charge is -2.43. The highest BCUT2D eigenvalue weighted by molar-refractivity contribution is 8.00. The number of nitrogens with one attached hydrogen (secondary N) is 1. The van der Waals surface area contributed by atoms with E-state index in [0.29, 0.717) is 16.5 Å². The lowest BCUT2D eigenvalue weighted by molar-refractivity contribution is -0.134. The number of rotatable bonds is 5. The molecule has 5 aliphatic rings. The van der Waals surface area contributed by atoms with Crippen molar-refractivity contribution in [2.75, 3.05) is 24.6 Å². The van der Waals surface area contributed by atoms with Crippen molar-refractivity contribution in [2.24, 2.45) is 29.6 Å². The molecule has 3 aromatic rings. The van der Waals surface area contributed by atoms with Gasteiger partial charge in [-0.25, -0.2) is 0 Å². The molecular weight excluding hydrogens is 606 g/mol. The third kappa shape index (κ3) is 4.31. The van der Waals surface area contributed by atoms with Crippen molar-refractivity contribution in [3.05, 3.63) is 73.7 Å². The van der Waals surface area contributed by atoms with Gasteiger partial charge in [-0.15, -0.1) is 11.8 Å². The van der Waals surface area contributed by atoms with Crippen LogP contribution in [0.5, 0.6) is 5.75 Å². The predicted molar refractivity (Wildman–Crippen MR) is 165 cm³/mol. The zero-order chi connectivity index (χ0) is 29.4. The van der Waals surface area contributed by atoms with Gasteiger partial charge in [0.1, 0.15) is 5.75 Å². The number of halogens is 1. The molecule has 2 aliphatic carbocycles. The van der Waals surface area contributed by atoms with Crippen molar-refractivity contribution >= 4 is 58.1 Å². The summed E-state index contributed by atoms with van der Waals surface area (Å²) >= 11 is 9.42. The first kappa shape index (κ1) is 27.5. The number of hydrogen-bond donors (Lipinski definition) is 1. The van der Waals surface area contributed by atoms with Gasteiger partial charge in [0.05, 0.1) is 22.5 Å². The topological polar surface area (TPSA) is 99.8 Å². The summed E-state index contributed by atoms with van der Waals surface area (Å²) in [7, 11) is 0. The van der Waals surface area contributed by atoms with Crippen molar-refractivity contribution in [1.29, 1.82) is 0 Å². The maximum atomic E-state index is 14.0. The van der Waals surface area contributed by atoms with E-state index in [2.05, 4.69) is 4.98 Å². The number of hydrogen-bond acceptors (Lipinski definition) is 7. The van der Waals surface area contributed by atoms with E-state index in [0.717, 1.165) is 54.2 Å². The van der Waals surface area contributed by atoms with E-state index >= 15 is 0 Å². The lowest BCUT2D eigenvalue weighted by atomic mass is 9.68. The van der Waals surface area contributed by atoms with Gasteiger partial charge in [0.25, 0.3) is 5.91 Å². The average molecular weight is 636 g/mol. The number of piperidine rings is 1. The largest absolute Gasteiger partial charge is 0.483 e. The van der Waals surface area contributed by atoms with E-state index < -0.39 is 5.92 Å². The van der Waals surface area contributed by atoms with E-state index in [9.17, 15) is 19.2 Å². The van der Waals surface area contributed by atoms with E-state index in [-0.39, 0.29) is 64.0 Å². The number of anilines is 1. The van der Waals surface area contributed by atoms with Gasteiger partial charge in [0, 0.05) is 39.7 Å². The van der Waals surface area contributed by atoms with Gasteiger partial charge >= 0.3 is 4.87 Å². The second kappa shape index (κ2) is 10.5. The van der Waals surface area contributed by atoms with Gasteiger partial charge in [0.2, 0.25) is 11.8 Å². The summed E-state index contributed by atoms with van der Waals surface area (Å²) in [4.78, 5) is 60.5. The average Bonchev–Trinajstić information content (AvgIpc) is 3.76. The molecule has 0 spiro atoms. The number of fused-ring (bicyclic) bond motifs is 9. The van der Waals surface area contributed by atoms with E-state index in [4.69, 9.17) is 16.3 Å². The first-order valence-electron chi connectivity index (χ1n) is 14.9. The van der Waals surface area contributed by atoms with Crippen molar-refractivity contribution in [1.82, 2.24) is 9.88 Å². The summed E-state index contributed by atoms with van der Waals surface area (Å²) in [6.07, 6.45) is 3.93. The molecule has 2 saturated heterocycles. The molecule has 222 valence electrons. The number of nitrogens with zero attached hydrogens (tertiary/aromatic N) is 2. The number of thioether (sulfide) groups is 1. The van der Waals surface area contributed by atoms with Crippen LogP contribution < -0.4 is 14.5 Å². The second-order valence-corrected chi connectivity index (χ2v) is 14.9. The molecule has 4 fully saturated rings. The second-order valence-electron chi connectivity index (χ2n) is 12.2. The molecule has 7 atom stereocenters. The van der Waals surface area contributed by atoms with Crippen LogP contribution in [-0.2, 0) is 14.4 Å². The first-order valence-corrected chi connectivity index (χ1v) is 17.0. The van der Waals surface area contributed by atoms with E-state index in [1.807, 2.05) is 47.4 Å². The molecule has 2 bridgehead atoms. The smallest absolute Gasteiger partial charge is 0.305 e. The summed E-state index contributed by atoms with van der Waals surface area (Å²) in [5.74, 6) is -0.752. The summed E-state index contributed by atoms with van der Waals surface area (Å²) in [6.45, 7) is 1.42. The summed E-state index contributed by atoms with van der Waals surface area (Å²) in [5, 5.41) is 1.40. The molecular formula is C32H30ClN3O5S2. The number of carbonyl (C=O) groups excluding carboxylic acids is 3. The van der Waals surface area contributed by atoms with Gasteiger partial charge in [-0.2, -0.15) is 0 Å². The molecule has 4 heterocycles. The van der Waals surface area contributed by atoms with Gasteiger partial charge in [0.15, 0.2) is 6.61 Å². The Labute approximate surface area is 261 Å². The molecule has 1 N–H and O–H groups in total. The number of likely N-dealkylation sites (tertiary alicyclic amines) is 1. The Hall–Kier alpha value is -3.08. The molecule has 43 heavy (non-hydrogen) atoms. The van der Waals surface area contributed by atoms with Crippen LogP contribution >= 0.6 is 34.7 Å². The Balaban J connectivity index is 1.17. The number of carbonyl (C=O) groups is 3. The zero-order valence-corrected chi connectivity index (χ0v) is 25.6. The summed E-state index contributed by atoms with van der Waals surface area (Å²) < 4.78 is 6.24. The maximum absolute atomic E-state index is 14.0. The quantitative estimate of drug-likeness (QED) is 0.389. The van der Waals surface area contributed by atoms with E-state index in [1.54, 1.807) is 17.8 Å². The molecule has 8 rings (SSSR count). The monoisotopic (exact) mass is 635 g/mol. The Morgan fingerprint density at radius 2 is 1.72 bits per heavy atom. The number of thiazole rings is 1.